The molecule has 18 nitrogen and oxygen atoms in total. The number of amides is 4. The van der Waals surface area contributed by atoms with Gasteiger partial charge in [0.15, 0.2) is 40.1 Å². The molecule has 0 bridgehead atoms. The van der Waals surface area contributed by atoms with Crippen LogP contribution in [0.1, 0.15) is 221 Å². The van der Waals surface area contributed by atoms with Gasteiger partial charge in [-0.1, -0.05) is 42.5 Å². The number of carbonyl (C=O) groups excluding carboxylic acids is 8. The number of carboxylic acid groups (broad SMARTS) is 1. The molecule has 0 radical (unpaired) electrons. The van der Waals surface area contributed by atoms with E-state index in [2.05, 4.69) is 20.3 Å². The molecular formula is C86H75F17N8O10. The third kappa shape index (κ3) is 23.3. The monoisotopic (exact) mass is 1700 g/mol. The number of hydrogen-bond donors (Lipinski definition) is 3. The maximum absolute atomic E-state index is 13.8. The van der Waals surface area contributed by atoms with Gasteiger partial charge in [-0.3, -0.25) is 53.3 Å². The van der Waals surface area contributed by atoms with Gasteiger partial charge in [-0.05, 0) is 209 Å². The molecule has 121 heavy (non-hydrogen) atoms. The Morgan fingerprint density at radius 1 is 0.430 bits per heavy atom. The summed E-state index contributed by atoms with van der Waals surface area (Å²) in [5.41, 5.74) is -0.210. The molecule has 0 spiro atoms. The predicted octanol–water partition coefficient (Wildman–Crippen LogP) is 19.4. The number of aromatic carboxylic acids is 1. The number of hydrogen-bond acceptors (Lipinski definition) is 13. The number of aromatic nitrogens is 3. The number of Topliss-reactive ketones (excluding diaryl/α,β-unsaturated/α-hetero) is 4. The largest absolute Gasteiger partial charge is 0.478 e. The predicted molar refractivity (Wildman–Crippen MR) is 409 cm³/mol. The van der Waals surface area contributed by atoms with Gasteiger partial charge in [0.2, 0.25) is 0 Å². The van der Waals surface area contributed by atoms with Crippen molar-refractivity contribution in [2.75, 3.05) is 20.4 Å². The van der Waals surface area contributed by atoms with Gasteiger partial charge in [0.1, 0.15) is 17.6 Å². The molecule has 1 unspecified atom stereocenters. The molecule has 3 aromatic heterocycles. The number of alkyl halides is 17. The van der Waals surface area contributed by atoms with E-state index >= 15 is 0 Å². The lowest BCUT2D eigenvalue weighted by atomic mass is 9.95. The highest BCUT2D eigenvalue weighted by Crippen LogP contribution is 2.40. The van der Waals surface area contributed by atoms with Crippen molar-refractivity contribution in [1.82, 2.24) is 20.3 Å². The summed E-state index contributed by atoms with van der Waals surface area (Å²) in [7, 11) is 0. The number of nitrogens with two attached hydrogens (primary N) is 1. The van der Waals surface area contributed by atoms with Crippen molar-refractivity contribution in [1.29, 1.82) is 0 Å². The molecule has 3 aliphatic rings. The molecule has 0 saturated carbocycles. The molecular weight excluding hydrogens is 1630 g/mol. The first-order valence-corrected chi connectivity index (χ1v) is 36.8. The number of carboxylic acids is 1. The molecule has 1 atom stereocenters. The van der Waals surface area contributed by atoms with Crippen molar-refractivity contribution < 1.29 is 123 Å². The number of anilines is 4. The van der Waals surface area contributed by atoms with Gasteiger partial charge in [0.25, 0.3) is 36.5 Å². The zero-order valence-corrected chi connectivity index (χ0v) is 65.2. The number of nitrogen functional groups attached to an aromatic ring is 1. The first-order valence-electron chi connectivity index (χ1n) is 36.8. The molecule has 0 aliphatic carbocycles. The minimum Gasteiger partial charge on any atom is -0.478 e. The lowest BCUT2D eigenvalue weighted by molar-refractivity contribution is -0.138. The lowest BCUT2D eigenvalue weighted by Gasteiger charge is -2.17. The Kier molecular flexibility index (Phi) is 28.2. The van der Waals surface area contributed by atoms with Crippen LogP contribution in [0.25, 0.3) is 0 Å². The van der Waals surface area contributed by atoms with Gasteiger partial charge < -0.3 is 30.9 Å². The van der Waals surface area contributed by atoms with E-state index in [1.807, 2.05) is 0 Å². The zero-order chi connectivity index (χ0) is 89.5. The maximum Gasteiger partial charge on any atom is 0.416 e. The minimum atomic E-state index is -4.58. The van der Waals surface area contributed by atoms with Gasteiger partial charge in [-0.25, -0.2) is 39.9 Å². The fourth-order valence-electron chi connectivity index (χ4n) is 12.7. The number of halogens is 17. The fraction of sp³-hybridized carbons (Fsp3) is 0.302. The number of carbonyl (C=O) groups is 9. The third-order valence-electron chi connectivity index (χ3n) is 19.2. The standard InChI is InChI=1S/2C29H24F6N2O3.C15H11F3N2O.C13H16F2N2O3/c2*1-28(2,32)24(39)9-7-17-11-22(25(26(30)31)36-14-17)23(38)12-16-6-8-18-15-37(27(40)21(18)10-16)20-5-3-4-19(13-20)29(33,34)35;16-15(17,18)10-2-5-12(6-3-10)20-8-9-1-4-11(19)7-13(9)14(20)21;1-7(14)10-9(11(18)19)4-8(5-16-10)6-17-12(20)13(2,3)15/h2*3-6,8,10-11,13-14,26H,7,9,12,15H2,1-2H3;1-7H,8,19H2;4-5,7H,6H2,1-3H3,(H,17,20)(H,18,19). The number of ketones is 4. The van der Waals surface area contributed by atoms with Gasteiger partial charge in [-0.2, -0.15) is 39.5 Å². The summed E-state index contributed by atoms with van der Waals surface area (Å²) in [6.07, 6.45) is -18.8. The van der Waals surface area contributed by atoms with E-state index in [4.69, 9.17) is 10.8 Å². The van der Waals surface area contributed by atoms with Crippen molar-refractivity contribution in [2.45, 2.75) is 168 Å². The number of rotatable bonds is 24. The topological polar surface area (TPSA) is 260 Å². The van der Waals surface area contributed by atoms with E-state index in [-0.39, 0.29) is 109 Å². The summed E-state index contributed by atoms with van der Waals surface area (Å²) in [5.74, 6) is -6.27. The van der Waals surface area contributed by atoms with E-state index in [1.165, 1.54) is 94.6 Å². The quantitative estimate of drug-likeness (QED) is 0.0289. The summed E-state index contributed by atoms with van der Waals surface area (Å²) < 4.78 is 225. The molecule has 638 valence electrons. The Labute approximate surface area is 680 Å². The number of nitrogens with zero attached hydrogens (tertiary/aromatic N) is 6. The van der Waals surface area contributed by atoms with Gasteiger partial charge in [0, 0.05) is 101 Å². The van der Waals surface area contributed by atoms with Crippen LogP contribution in [0.5, 0.6) is 0 Å². The van der Waals surface area contributed by atoms with Crippen LogP contribution < -0.4 is 25.8 Å². The zero-order valence-electron chi connectivity index (χ0n) is 65.2. The lowest BCUT2D eigenvalue weighted by Crippen LogP contribution is -2.38. The number of aryl methyl sites for hydroxylation is 2. The van der Waals surface area contributed by atoms with Gasteiger partial charge in [-0.15, -0.1) is 0 Å². The molecule has 3 aliphatic heterocycles. The molecule has 0 saturated heterocycles. The Balaban J connectivity index is 0.000000192. The van der Waals surface area contributed by atoms with E-state index in [0.717, 1.165) is 95.9 Å². The van der Waals surface area contributed by atoms with Crippen molar-refractivity contribution in [3.05, 3.63) is 276 Å². The van der Waals surface area contributed by atoms with Crippen LogP contribution >= 0.6 is 0 Å². The van der Waals surface area contributed by atoms with Crippen molar-refractivity contribution in [3.8, 4) is 0 Å². The van der Waals surface area contributed by atoms with Crippen LogP contribution in [-0.4, -0.2) is 89.8 Å². The highest BCUT2D eigenvalue weighted by molar-refractivity contribution is 6.12. The normalized spacial score (nSPS) is 13.6. The molecule has 4 N–H and O–H groups in total. The Morgan fingerprint density at radius 3 is 1.17 bits per heavy atom. The molecule has 0 fully saturated rings. The second-order valence-electron chi connectivity index (χ2n) is 29.7. The maximum atomic E-state index is 13.8. The van der Waals surface area contributed by atoms with Crippen LogP contribution in [0.4, 0.5) is 97.4 Å². The Hall–Kier alpha value is -12.6. The van der Waals surface area contributed by atoms with Crippen molar-refractivity contribution >= 4 is 75.5 Å². The SMILES string of the molecule is CC(C)(F)C(=O)CCc1cnc(C(F)F)c(C(=O)Cc2ccc3c(c2)C(=O)N(c2cccc(C(F)(F)F)c2)C3)c1.CC(C)(F)C(=O)CCc1cnc(C(F)F)c(C(=O)Cc2ccc3c(c2)C(=O)N(c2cccc(C(F)(F)F)c2)C3)c1.CC(F)c1ncc(CNC(=O)C(C)(C)F)cc1C(=O)O.Nc1ccc2c(c1)C(=O)N(c1ccc(C(F)(F)F)cc1)C2. The minimum absolute atomic E-state index is 0.00169. The summed E-state index contributed by atoms with van der Waals surface area (Å²) in [6.45, 7) is 8.16. The van der Waals surface area contributed by atoms with E-state index in [1.54, 1.807) is 42.5 Å². The Morgan fingerprint density at radius 2 is 0.802 bits per heavy atom. The van der Waals surface area contributed by atoms with Crippen molar-refractivity contribution in [2.24, 2.45) is 0 Å². The third-order valence-corrected chi connectivity index (χ3v) is 19.2. The smallest absolute Gasteiger partial charge is 0.416 e. The summed E-state index contributed by atoms with van der Waals surface area (Å²) in [5, 5.41) is 11.3. The molecule has 4 amide bonds. The highest BCUT2D eigenvalue weighted by Gasteiger charge is 2.39. The average Bonchev–Trinajstić information content (AvgIpc) is 1.67. The number of benzene rings is 6. The average molecular weight is 1700 g/mol. The van der Waals surface area contributed by atoms with Crippen LogP contribution in [-0.2, 0) is 84.8 Å². The van der Waals surface area contributed by atoms with Crippen molar-refractivity contribution in [3.63, 3.8) is 0 Å². The Bertz CT molecular complexity index is 5240. The number of fused-ring (bicyclic) bond motifs is 3. The molecule has 9 aromatic rings. The second-order valence-corrected chi connectivity index (χ2v) is 29.7. The van der Waals surface area contributed by atoms with E-state index in [9.17, 15) is 118 Å². The van der Waals surface area contributed by atoms with E-state index in [0.29, 0.717) is 62.4 Å². The number of nitrogens with one attached hydrogen (secondary N) is 1. The van der Waals surface area contributed by atoms with Crippen LogP contribution in [0.2, 0.25) is 0 Å². The first kappa shape index (κ1) is 92.3. The number of pyridine rings is 3. The summed E-state index contributed by atoms with van der Waals surface area (Å²) in [6, 6.07) is 31.0. The van der Waals surface area contributed by atoms with Gasteiger partial charge >= 0.3 is 24.5 Å². The van der Waals surface area contributed by atoms with Gasteiger partial charge in [0.05, 0.1) is 47.6 Å². The first-order chi connectivity index (χ1) is 56.3. The van der Waals surface area contributed by atoms with Crippen LogP contribution in [0, 0.1) is 0 Å². The summed E-state index contributed by atoms with van der Waals surface area (Å²) >= 11 is 0. The molecule has 6 aromatic carbocycles. The van der Waals surface area contributed by atoms with Crippen LogP contribution in [0.15, 0.2) is 164 Å². The molecule has 12 rings (SSSR count). The highest BCUT2D eigenvalue weighted by atomic mass is 19.4. The molecule has 6 heterocycles. The second kappa shape index (κ2) is 37.0. The fourth-order valence-corrected chi connectivity index (χ4v) is 12.7. The van der Waals surface area contributed by atoms with E-state index < -0.39 is 129 Å². The molecule has 35 heteroatoms. The summed E-state index contributed by atoms with van der Waals surface area (Å²) in [4.78, 5) is 126. The van der Waals surface area contributed by atoms with Crippen LogP contribution in [0.3, 0.4) is 0 Å².